The minimum atomic E-state index is -0.421. The van der Waals surface area contributed by atoms with Crippen LogP contribution in [0.4, 0.5) is 0 Å². The highest BCUT2D eigenvalue weighted by Gasteiger charge is 2.27. The van der Waals surface area contributed by atoms with E-state index >= 15 is 0 Å². The molecule has 1 saturated heterocycles. The monoisotopic (exact) mass is 278 g/mol. The van der Waals surface area contributed by atoms with E-state index in [1.54, 1.807) is 4.90 Å². The van der Waals surface area contributed by atoms with Crippen molar-refractivity contribution in [3.8, 4) is 0 Å². The van der Waals surface area contributed by atoms with E-state index < -0.39 is 5.92 Å². The van der Waals surface area contributed by atoms with Gasteiger partial charge in [0, 0.05) is 13.1 Å². The van der Waals surface area contributed by atoms with Crippen LogP contribution in [0.5, 0.6) is 0 Å². The predicted molar refractivity (Wildman–Crippen MR) is 77.8 cm³/mol. The minimum absolute atomic E-state index is 0.0136. The molecule has 0 radical (unpaired) electrons. The molecule has 1 heterocycles. The Morgan fingerprint density at radius 1 is 1.32 bits per heavy atom. The molecule has 1 atom stereocenters. The van der Waals surface area contributed by atoms with E-state index in [-0.39, 0.29) is 10.9 Å². The van der Waals surface area contributed by atoms with Crippen LogP contribution in [0, 0.1) is 5.92 Å². The van der Waals surface area contributed by atoms with Gasteiger partial charge in [-0.15, -0.1) is 0 Å². The van der Waals surface area contributed by atoms with E-state index in [4.69, 9.17) is 22.7 Å². The molecule has 2 N–H and O–H groups in total. The number of ether oxygens (including phenoxy) is 1. The molecule has 19 heavy (non-hydrogen) atoms. The summed E-state index contributed by atoms with van der Waals surface area (Å²) in [6.45, 7) is 2.40. The molecule has 0 spiro atoms. The van der Waals surface area contributed by atoms with Crippen LogP contribution >= 0.6 is 12.2 Å². The highest BCUT2D eigenvalue weighted by atomic mass is 32.1. The van der Waals surface area contributed by atoms with Crippen molar-refractivity contribution in [1.82, 2.24) is 4.90 Å². The average molecular weight is 278 g/mol. The molecule has 1 aliphatic rings. The topological polar surface area (TPSA) is 55.6 Å². The zero-order valence-electron chi connectivity index (χ0n) is 10.7. The van der Waals surface area contributed by atoms with Crippen LogP contribution in [0.1, 0.15) is 5.56 Å². The van der Waals surface area contributed by atoms with Crippen molar-refractivity contribution in [2.75, 3.05) is 26.3 Å². The molecule has 4 nitrogen and oxygen atoms in total. The SMILES string of the molecule is NC(=S)C(Cc1ccccc1)C(=O)N1CCOCC1. The maximum absolute atomic E-state index is 12.4. The first-order chi connectivity index (χ1) is 9.18. The fraction of sp³-hybridized carbons (Fsp3) is 0.429. The molecule has 102 valence electrons. The standard InChI is InChI=1S/C14H18N2O2S/c15-13(19)12(10-11-4-2-1-3-5-11)14(17)16-6-8-18-9-7-16/h1-5,12H,6-10H2,(H2,15,19). The number of rotatable bonds is 4. The number of nitrogens with two attached hydrogens (primary N) is 1. The molecule has 1 aliphatic heterocycles. The summed E-state index contributed by atoms with van der Waals surface area (Å²) in [5.41, 5.74) is 6.82. The average Bonchev–Trinajstić information content (AvgIpc) is 2.46. The van der Waals surface area contributed by atoms with Crippen molar-refractivity contribution in [3.05, 3.63) is 35.9 Å². The van der Waals surface area contributed by atoms with Gasteiger partial charge in [0.15, 0.2) is 0 Å². The summed E-state index contributed by atoms with van der Waals surface area (Å²) in [5.74, 6) is -0.407. The second-order valence-corrected chi connectivity index (χ2v) is 5.05. The van der Waals surface area contributed by atoms with E-state index in [0.29, 0.717) is 32.7 Å². The van der Waals surface area contributed by atoms with Crippen LogP contribution < -0.4 is 5.73 Å². The van der Waals surface area contributed by atoms with Gasteiger partial charge in [0.1, 0.15) is 0 Å². The van der Waals surface area contributed by atoms with Crippen LogP contribution in [0.15, 0.2) is 30.3 Å². The predicted octanol–water partition coefficient (Wildman–Crippen LogP) is 0.990. The normalized spacial score (nSPS) is 16.9. The third-order valence-corrected chi connectivity index (χ3v) is 3.53. The molecular formula is C14H18N2O2S. The Labute approximate surface area is 118 Å². The van der Waals surface area contributed by atoms with Gasteiger partial charge in [-0.25, -0.2) is 0 Å². The maximum Gasteiger partial charge on any atom is 0.233 e. The second kappa shape index (κ2) is 6.63. The largest absolute Gasteiger partial charge is 0.393 e. The van der Waals surface area contributed by atoms with Crippen LogP contribution in [0.25, 0.3) is 0 Å². The van der Waals surface area contributed by atoms with Gasteiger partial charge < -0.3 is 15.4 Å². The maximum atomic E-state index is 12.4. The molecule has 2 rings (SSSR count). The molecule has 0 saturated carbocycles. The van der Waals surface area contributed by atoms with Crippen molar-refractivity contribution >= 4 is 23.1 Å². The Bertz CT molecular complexity index is 444. The lowest BCUT2D eigenvalue weighted by molar-refractivity contribution is -0.137. The van der Waals surface area contributed by atoms with Gasteiger partial charge in [0.05, 0.1) is 24.1 Å². The third-order valence-electron chi connectivity index (χ3n) is 3.25. The molecular weight excluding hydrogens is 260 g/mol. The number of carbonyl (C=O) groups is 1. The Kier molecular flexibility index (Phi) is 4.87. The van der Waals surface area contributed by atoms with Crippen LogP contribution in [-0.4, -0.2) is 42.1 Å². The van der Waals surface area contributed by atoms with Crippen molar-refractivity contribution in [1.29, 1.82) is 0 Å². The third kappa shape index (κ3) is 3.75. The van der Waals surface area contributed by atoms with E-state index in [2.05, 4.69) is 0 Å². The van der Waals surface area contributed by atoms with Crippen molar-refractivity contribution in [2.45, 2.75) is 6.42 Å². The number of morpholine rings is 1. The van der Waals surface area contributed by atoms with Crippen LogP contribution in [0.3, 0.4) is 0 Å². The fourth-order valence-corrected chi connectivity index (χ4v) is 2.35. The van der Waals surface area contributed by atoms with Crippen LogP contribution in [-0.2, 0) is 16.0 Å². The number of benzene rings is 1. The first-order valence-electron chi connectivity index (χ1n) is 6.38. The lowest BCUT2D eigenvalue weighted by Gasteiger charge is -2.30. The number of hydrogen-bond donors (Lipinski definition) is 1. The Morgan fingerprint density at radius 2 is 1.95 bits per heavy atom. The molecule has 0 aromatic heterocycles. The van der Waals surface area contributed by atoms with E-state index in [1.165, 1.54) is 0 Å². The zero-order valence-corrected chi connectivity index (χ0v) is 11.6. The van der Waals surface area contributed by atoms with Gasteiger partial charge in [-0.1, -0.05) is 42.5 Å². The first-order valence-corrected chi connectivity index (χ1v) is 6.79. The highest BCUT2D eigenvalue weighted by Crippen LogP contribution is 2.13. The summed E-state index contributed by atoms with van der Waals surface area (Å²) in [6.07, 6.45) is 0.562. The summed E-state index contributed by atoms with van der Waals surface area (Å²) >= 11 is 5.06. The van der Waals surface area contributed by atoms with Gasteiger partial charge in [-0.2, -0.15) is 0 Å². The summed E-state index contributed by atoms with van der Waals surface area (Å²) < 4.78 is 5.25. The fourth-order valence-electron chi connectivity index (χ4n) is 2.16. The number of thiocarbonyl (C=S) groups is 1. The van der Waals surface area contributed by atoms with Crippen molar-refractivity contribution in [3.63, 3.8) is 0 Å². The lowest BCUT2D eigenvalue weighted by Crippen LogP contribution is -2.47. The molecule has 0 bridgehead atoms. The van der Waals surface area contributed by atoms with Gasteiger partial charge in [0.2, 0.25) is 5.91 Å². The summed E-state index contributed by atoms with van der Waals surface area (Å²) in [5, 5.41) is 0. The summed E-state index contributed by atoms with van der Waals surface area (Å²) in [6, 6.07) is 9.81. The van der Waals surface area contributed by atoms with Gasteiger partial charge in [-0.05, 0) is 12.0 Å². The van der Waals surface area contributed by atoms with Crippen molar-refractivity contribution in [2.24, 2.45) is 11.7 Å². The van der Waals surface area contributed by atoms with Crippen LogP contribution in [0.2, 0.25) is 0 Å². The first kappa shape index (κ1) is 14.0. The molecule has 1 amide bonds. The quantitative estimate of drug-likeness (QED) is 0.835. The summed E-state index contributed by atoms with van der Waals surface area (Å²) in [4.78, 5) is 14.5. The molecule has 5 heteroatoms. The second-order valence-electron chi connectivity index (χ2n) is 4.58. The van der Waals surface area contributed by atoms with Crippen molar-refractivity contribution < 1.29 is 9.53 Å². The number of nitrogens with zero attached hydrogens (tertiary/aromatic N) is 1. The zero-order chi connectivity index (χ0) is 13.7. The molecule has 1 aromatic rings. The number of carbonyl (C=O) groups excluding carboxylic acids is 1. The Hall–Kier alpha value is -1.46. The Morgan fingerprint density at radius 3 is 2.53 bits per heavy atom. The van der Waals surface area contributed by atoms with E-state index in [1.807, 2.05) is 30.3 Å². The summed E-state index contributed by atoms with van der Waals surface area (Å²) in [7, 11) is 0. The van der Waals surface area contributed by atoms with Gasteiger partial charge >= 0.3 is 0 Å². The molecule has 0 aliphatic carbocycles. The van der Waals surface area contributed by atoms with E-state index in [0.717, 1.165) is 5.56 Å². The molecule has 1 unspecified atom stereocenters. The molecule has 1 fully saturated rings. The smallest absolute Gasteiger partial charge is 0.233 e. The minimum Gasteiger partial charge on any atom is -0.393 e. The Balaban J connectivity index is 2.07. The van der Waals surface area contributed by atoms with Gasteiger partial charge in [0.25, 0.3) is 0 Å². The van der Waals surface area contributed by atoms with E-state index in [9.17, 15) is 4.79 Å². The highest BCUT2D eigenvalue weighted by molar-refractivity contribution is 7.80. The van der Waals surface area contributed by atoms with Gasteiger partial charge in [-0.3, -0.25) is 4.79 Å². The number of hydrogen-bond acceptors (Lipinski definition) is 3. The molecule has 1 aromatic carbocycles. The lowest BCUT2D eigenvalue weighted by atomic mass is 9.97. The number of amides is 1.